The second kappa shape index (κ2) is 7.14. The summed E-state index contributed by atoms with van der Waals surface area (Å²) in [5, 5.41) is 5.95. The van der Waals surface area contributed by atoms with Crippen LogP contribution in [-0.2, 0) is 23.9 Å². The predicted molar refractivity (Wildman–Crippen MR) is 92.9 cm³/mol. The number of carbonyl (C=O) groups is 3. The summed E-state index contributed by atoms with van der Waals surface area (Å²) in [5.41, 5.74) is 0.581. The summed E-state index contributed by atoms with van der Waals surface area (Å²) in [6.45, 7) is 6.44. The van der Waals surface area contributed by atoms with Crippen molar-refractivity contribution in [1.82, 2.24) is 0 Å². The van der Waals surface area contributed by atoms with Gasteiger partial charge in [-0.05, 0) is 18.2 Å². The summed E-state index contributed by atoms with van der Waals surface area (Å²) >= 11 is 5.98. The highest BCUT2D eigenvalue weighted by molar-refractivity contribution is 6.31. The van der Waals surface area contributed by atoms with Gasteiger partial charge in [-0.25, -0.2) is 9.59 Å². The Kier molecular flexibility index (Phi) is 5.37. The fourth-order valence-corrected chi connectivity index (χ4v) is 2.12. The molecule has 0 unspecified atom stereocenters. The molecule has 2 N–H and O–H groups in total. The number of benzene rings is 1. The number of nitrogens with one attached hydrogen (secondary N) is 2. The molecule has 134 valence electrons. The first-order valence-electron chi connectivity index (χ1n) is 7.63. The van der Waals surface area contributed by atoms with Crippen molar-refractivity contribution in [2.75, 3.05) is 10.6 Å². The monoisotopic (exact) mass is 366 g/mol. The number of halogens is 1. The van der Waals surface area contributed by atoms with Gasteiger partial charge >= 0.3 is 11.9 Å². The number of hydrogen-bond acceptors (Lipinski definition) is 6. The quantitative estimate of drug-likeness (QED) is 0.483. The number of anilines is 2. The number of amides is 1. The lowest BCUT2D eigenvalue weighted by atomic mass is 10.2. The van der Waals surface area contributed by atoms with Gasteiger partial charge in [-0.1, -0.05) is 25.4 Å². The lowest BCUT2D eigenvalue weighted by molar-refractivity contribution is -0.222. The van der Waals surface area contributed by atoms with Crippen LogP contribution >= 0.6 is 11.6 Å². The van der Waals surface area contributed by atoms with E-state index in [0.29, 0.717) is 16.4 Å². The highest BCUT2D eigenvalue weighted by Gasteiger charge is 2.38. The number of rotatable bonds is 4. The minimum Gasteiger partial charge on any atom is -0.419 e. The Morgan fingerprint density at radius 3 is 2.32 bits per heavy atom. The molecule has 0 spiro atoms. The zero-order valence-corrected chi connectivity index (χ0v) is 15.1. The van der Waals surface area contributed by atoms with Crippen molar-refractivity contribution in [3.05, 3.63) is 35.0 Å². The Morgan fingerprint density at radius 1 is 1.16 bits per heavy atom. The van der Waals surface area contributed by atoms with Crippen LogP contribution < -0.4 is 10.6 Å². The van der Waals surface area contributed by atoms with Crippen molar-refractivity contribution in [3.8, 4) is 0 Å². The van der Waals surface area contributed by atoms with Crippen molar-refractivity contribution < 1.29 is 23.9 Å². The molecule has 1 aliphatic heterocycles. The molecule has 25 heavy (non-hydrogen) atoms. The molecule has 2 rings (SSSR count). The topological polar surface area (TPSA) is 93.7 Å². The zero-order chi connectivity index (χ0) is 18.8. The van der Waals surface area contributed by atoms with Gasteiger partial charge in [0.05, 0.1) is 11.4 Å². The molecule has 1 aromatic rings. The maximum absolute atomic E-state index is 11.9. The van der Waals surface area contributed by atoms with Crippen LogP contribution in [-0.4, -0.2) is 23.6 Å². The SMILES string of the molecule is CC(C)C(=O)Nc1ccc(Cl)cc1NC=C1C(=O)OC(C)(C)OC1=O. The van der Waals surface area contributed by atoms with Gasteiger partial charge in [-0.2, -0.15) is 0 Å². The van der Waals surface area contributed by atoms with E-state index < -0.39 is 17.7 Å². The molecular formula is C17H19ClN2O5. The van der Waals surface area contributed by atoms with Crippen LogP contribution in [0.15, 0.2) is 30.0 Å². The molecular weight excluding hydrogens is 348 g/mol. The van der Waals surface area contributed by atoms with Crippen molar-refractivity contribution in [2.45, 2.75) is 33.5 Å². The van der Waals surface area contributed by atoms with Crippen LogP contribution in [0.5, 0.6) is 0 Å². The second-order valence-corrected chi connectivity index (χ2v) is 6.65. The summed E-state index contributed by atoms with van der Waals surface area (Å²) < 4.78 is 10.0. The van der Waals surface area contributed by atoms with Gasteiger partial charge in [0.1, 0.15) is 0 Å². The van der Waals surface area contributed by atoms with Crippen LogP contribution in [0.3, 0.4) is 0 Å². The lowest BCUT2D eigenvalue weighted by Crippen LogP contribution is -2.42. The lowest BCUT2D eigenvalue weighted by Gasteiger charge is -2.29. The van der Waals surface area contributed by atoms with Crippen LogP contribution in [0.4, 0.5) is 11.4 Å². The van der Waals surface area contributed by atoms with Crippen LogP contribution in [0, 0.1) is 5.92 Å². The number of esters is 2. The Balaban J connectivity index is 2.25. The smallest absolute Gasteiger partial charge is 0.350 e. The molecule has 0 aliphatic carbocycles. The average Bonchev–Trinajstić information content (AvgIpc) is 2.47. The molecule has 0 atom stereocenters. The number of hydrogen-bond donors (Lipinski definition) is 2. The first-order valence-corrected chi connectivity index (χ1v) is 8.00. The molecule has 1 fully saturated rings. The van der Waals surface area contributed by atoms with Crippen LogP contribution in [0.1, 0.15) is 27.7 Å². The molecule has 0 aromatic heterocycles. The molecule has 1 heterocycles. The van der Waals surface area contributed by atoms with E-state index in [4.69, 9.17) is 21.1 Å². The Bertz CT molecular complexity index is 733. The van der Waals surface area contributed by atoms with Gasteiger partial charge < -0.3 is 20.1 Å². The maximum Gasteiger partial charge on any atom is 0.350 e. The first-order chi connectivity index (χ1) is 11.6. The number of ether oxygens (including phenoxy) is 2. The van der Waals surface area contributed by atoms with E-state index >= 15 is 0 Å². The van der Waals surface area contributed by atoms with E-state index in [1.165, 1.54) is 13.8 Å². The van der Waals surface area contributed by atoms with Crippen molar-refractivity contribution in [1.29, 1.82) is 0 Å². The Labute approximate surface area is 150 Å². The van der Waals surface area contributed by atoms with Gasteiger partial charge in [0.2, 0.25) is 5.91 Å². The standard InChI is InChI=1S/C17H19ClN2O5/c1-9(2)14(21)20-12-6-5-10(18)7-13(12)19-8-11-15(22)24-17(3,4)25-16(11)23/h5-9,19H,1-4H3,(H,20,21). The summed E-state index contributed by atoms with van der Waals surface area (Å²) in [4.78, 5) is 35.8. The largest absolute Gasteiger partial charge is 0.419 e. The fourth-order valence-electron chi connectivity index (χ4n) is 1.95. The number of cyclic esters (lactones) is 2. The van der Waals surface area contributed by atoms with E-state index in [1.807, 2.05) is 0 Å². The number of carbonyl (C=O) groups excluding carboxylic acids is 3. The van der Waals surface area contributed by atoms with Crippen molar-refractivity contribution in [2.24, 2.45) is 5.92 Å². The summed E-state index contributed by atoms with van der Waals surface area (Å²) in [7, 11) is 0. The molecule has 1 aromatic carbocycles. The van der Waals surface area contributed by atoms with Crippen molar-refractivity contribution in [3.63, 3.8) is 0 Å². The summed E-state index contributed by atoms with van der Waals surface area (Å²) in [6, 6.07) is 4.78. The molecule has 0 saturated carbocycles. The van der Waals surface area contributed by atoms with E-state index in [9.17, 15) is 14.4 Å². The molecule has 1 amide bonds. The van der Waals surface area contributed by atoms with Gasteiger partial charge in [-0.15, -0.1) is 0 Å². The van der Waals surface area contributed by atoms with E-state index in [2.05, 4.69) is 10.6 Å². The molecule has 8 heteroatoms. The molecule has 0 bridgehead atoms. The third-order valence-electron chi connectivity index (χ3n) is 3.25. The summed E-state index contributed by atoms with van der Waals surface area (Å²) in [5.74, 6) is -3.31. The molecule has 1 saturated heterocycles. The highest BCUT2D eigenvalue weighted by atomic mass is 35.5. The predicted octanol–water partition coefficient (Wildman–Crippen LogP) is 3.07. The minimum atomic E-state index is -1.31. The zero-order valence-electron chi connectivity index (χ0n) is 14.3. The van der Waals surface area contributed by atoms with Crippen LogP contribution in [0.25, 0.3) is 0 Å². The fraction of sp³-hybridized carbons (Fsp3) is 0.353. The Hall–Kier alpha value is -2.54. The van der Waals surface area contributed by atoms with Gasteiger partial charge in [-0.3, -0.25) is 4.79 Å². The van der Waals surface area contributed by atoms with Gasteiger partial charge in [0.15, 0.2) is 5.57 Å². The van der Waals surface area contributed by atoms with E-state index in [1.54, 1.807) is 32.0 Å². The first kappa shape index (κ1) is 18.8. The Morgan fingerprint density at radius 2 is 1.76 bits per heavy atom. The van der Waals surface area contributed by atoms with E-state index in [-0.39, 0.29) is 17.4 Å². The maximum atomic E-state index is 11.9. The minimum absolute atomic E-state index is 0.184. The molecule has 0 radical (unpaired) electrons. The van der Waals surface area contributed by atoms with Gasteiger partial charge in [0.25, 0.3) is 5.79 Å². The third kappa shape index (κ3) is 4.73. The highest BCUT2D eigenvalue weighted by Crippen LogP contribution is 2.28. The van der Waals surface area contributed by atoms with Crippen LogP contribution in [0.2, 0.25) is 5.02 Å². The normalized spacial score (nSPS) is 16.2. The third-order valence-corrected chi connectivity index (χ3v) is 3.49. The molecule has 1 aliphatic rings. The van der Waals surface area contributed by atoms with E-state index in [0.717, 1.165) is 6.20 Å². The van der Waals surface area contributed by atoms with Gasteiger partial charge in [0, 0.05) is 31.0 Å². The average molecular weight is 367 g/mol. The van der Waals surface area contributed by atoms with Crippen molar-refractivity contribution >= 4 is 40.8 Å². The second-order valence-electron chi connectivity index (χ2n) is 6.22. The summed E-state index contributed by atoms with van der Waals surface area (Å²) in [6.07, 6.45) is 1.16. The molecule has 7 nitrogen and oxygen atoms in total.